The number of anilines is 2. The van der Waals surface area contributed by atoms with E-state index in [-0.39, 0.29) is 16.8 Å². The Morgan fingerprint density at radius 3 is 2.67 bits per heavy atom. The number of aryl methyl sites for hydroxylation is 1. The number of hydrogen-bond donors (Lipinski definition) is 2. The van der Waals surface area contributed by atoms with Gasteiger partial charge in [-0.15, -0.1) is 0 Å². The molecule has 0 saturated heterocycles. The molecule has 106 valence electrons. The molecular weight excluding hydrogens is 276 g/mol. The van der Waals surface area contributed by atoms with Gasteiger partial charge in [0, 0.05) is 5.69 Å². The molecule has 6 heteroatoms. The molecular formula is C15H11F2N3O. The lowest BCUT2D eigenvalue weighted by molar-refractivity contribution is 0.101. The molecule has 0 unspecified atom stereocenters. The lowest BCUT2D eigenvalue weighted by Crippen LogP contribution is -2.17. The normalized spacial score (nSPS) is 10.0. The number of nitrogen functional groups attached to an aromatic ring is 1. The van der Waals surface area contributed by atoms with E-state index >= 15 is 0 Å². The van der Waals surface area contributed by atoms with Gasteiger partial charge in [0.15, 0.2) is 0 Å². The molecule has 1 amide bonds. The predicted octanol–water partition coefficient (Wildman–Crippen LogP) is 2.98. The highest BCUT2D eigenvalue weighted by Crippen LogP contribution is 2.21. The number of hydrogen-bond acceptors (Lipinski definition) is 3. The Kier molecular flexibility index (Phi) is 3.85. The number of rotatable bonds is 2. The molecule has 0 radical (unpaired) electrons. The van der Waals surface area contributed by atoms with Crippen LogP contribution in [0.15, 0.2) is 30.3 Å². The van der Waals surface area contributed by atoms with E-state index < -0.39 is 23.1 Å². The monoisotopic (exact) mass is 287 g/mol. The van der Waals surface area contributed by atoms with E-state index in [2.05, 4.69) is 5.32 Å². The van der Waals surface area contributed by atoms with Crippen LogP contribution in [0.25, 0.3) is 0 Å². The van der Waals surface area contributed by atoms with Gasteiger partial charge in [0.2, 0.25) is 0 Å². The third-order valence-electron chi connectivity index (χ3n) is 2.92. The van der Waals surface area contributed by atoms with Crippen LogP contribution in [-0.2, 0) is 0 Å². The summed E-state index contributed by atoms with van der Waals surface area (Å²) in [6.45, 7) is 1.43. The summed E-state index contributed by atoms with van der Waals surface area (Å²) in [7, 11) is 0. The van der Waals surface area contributed by atoms with Crippen LogP contribution >= 0.6 is 0 Å². The van der Waals surface area contributed by atoms with Gasteiger partial charge in [0.1, 0.15) is 23.3 Å². The molecule has 0 fully saturated rings. The number of amides is 1. The first kappa shape index (κ1) is 14.5. The summed E-state index contributed by atoms with van der Waals surface area (Å²) in [5, 5.41) is 11.3. The zero-order chi connectivity index (χ0) is 15.6. The average Bonchev–Trinajstić information content (AvgIpc) is 2.45. The fourth-order valence-corrected chi connectivity index (χ4v) is 1.81. The summed E-state index contributed by atoms with van der Waals surface area (Å²) in [6.07, 6.45) is 0. The van der Waals surface area contributed by atoms with E-state index in [1.807, 2.05) is 6.07 Å². The molecule has 2 rings (SSSR count). The first-order chi connectivity index (χ1) is 9.93. The number of carbonyl (C=O) groups excluding carboxylic acids is 1. The van der Waals surface area contributed by atoms with Crippen molar-refractivity contribution >= 4 is 17.3 Å². The third-order valence-corrected chi connectivity index (χ3v) is 2.92. The molecule has 0 spiro atoms. The standard InChI is InChI=1S/C15H11F2N3O/c1-8-2-4-11(16)13(14(8)17)15(21)20-12-5-3-10(19)6-9(12)7-18/h2-6H,19H2,1H3,(H,20,21). The zero-order valence-electron chi connectivity index (χ0n) is 11.1. The summed E-state index contributed by atoms with van der Waals surface area (Å²) >= 11 is 0. The summed E-state index contributed by atoms with van der Waals surface area (Å²) in [4.78, 5) is 12.0. The van der Waals surface area contributed by atoms with E-state index in [0.717, 1.165) is 6.07 Å². The van der Waals surface area contributed by atoms with Crippen LogP contribution in [0.5, 0.6) is 0 Å². The van der Waals surface area contributed by atoms with Crippen LogP contribution in [0.2, 0.25) is 0 Å². The van der Waals surface area contributed by atoms with Gasteiger partial charge < -0.3 is 11.1 Å². The highest BCUT2D eigenvalue weighted by molar-refractivity contribution is 6.05. The number of halogens is 2. The fraction of sp³-hybridized carbons (Fsp3) is 0.0667. The molecule has 0 atom stereocenters. The van der Waals surface area contributed by atoms with Crippen LogP contribution in [-0.4, -0.2) is 5.91 Å². The second-order valence-corrected chi connectivity index (χ2v) is 4.42. The summed E-state index contributed by atoms with van der Waals surface area (Å²) < 4.78 is 27.5. The van der Waals surface area contributed by atoms with Gasteiger partial charge in [0.25, 0.3) is 5.91 Å². The smallest absolute Gasteiger partial charge is 0.261 e. The quantitative estimate of drug-likeness (QED) is 0.833. The number of carbonyl (C=O) groups is 1. The molecule has 0 saturated carbocycles. The fourth-order valence-electron chi connectivity index (χ4n) is 1.81. The third kappa shape index (κ3) is 2.82. The van der Waals surface area contributed by atoms with Crippen LogP contribution in [0.3, 0.4) is 0 Å². The van der Waals surface area contributed by atoms with Crippen molar-refractivity contribution in [2.24, 2.45) is 0 Å². The topological polar surface area (TPSA) is 78.9 Å². The maximum absolute atomic E-state index is 13.9. The number of nitriles is 1. The Morgan fingerprint density at radius 2 is 2.00 bits per heavy atom. The molecule has 21 heavy (non-hydrogen) atoms. The van der Waals surface area contributed by atoms with Crippen LogP contribution in [0.1, 0.15) is 21.5 Å². The lowest BCUT2D eigenvalue weighted by atomic mass is 10.1. The van der Waals surface area contributed by atoms with Gasteiger partial charge >= 0.3 is 0 Å². The maximum atomic E-state index is 13.9. The molecule has 4 nitrogen and oxygen atoms in total. The van der Waals surface area contributed by atoms with Crippen molar-refractivity contribution in [2.45, 2.75) is 6.92 Å². The summed E-state index contributed by atoms with van der Waals surface area (Å²) in [5.74, 6) is -2.86. The molecule has 0 heterocycles. The molecule has 0 aromatic heterocycles. The summed E-state index contributed by atoms with van der Waals surface area (Å²) in [6, 6.07) is 8.34. The van der Waals surface area contributed by atoms with Crippen LogP contribution < -0.4 is 11.1 Å². The Labute approximate surface area is 119 Å². The average molecular weight is 287 g/mol. The molecule has 2 aromatic rings. The van der Waals surface area contributed by atoms with Crippen LogP contribution in [0.4, 0.5) is 20.2 Å². The largest absolute Gasteiger partial charge is 0.399 e. The molecule has 0 bridgehead atoms. The number of nitrogens with two attached hydrogens (primary N) is 1. The first-order valence-electron chi connectivity index (χ1n) is 5.99. The van der Waals surface area contributed by atoms with Crippen molar-refractivity contribution in [3.63, 3.8) is 0 Å². The van der Waals surface area contributed by atoms with Crippen molar-refractivity contribution in [3.05, 3.63) is 58.7 Å². The highest BCUT2D eigenvalue weighted by Gasteiger charge is 2.20. The Bertz CT molecular complexity index is 766. The van der Waals surface area contributed by atoms with Crippen molar-refractivity contribution in [3.8, 4) is 6.07 Å². The number of nitrogens with one attached hydrogen (secondary N) is 1. The van der Waals surface area contributed by atoms with Crippen molar-refractivity contribution < 1.29 is 13.6 Å². The highest BCUT2D eigenvalue weighted by atomic mass is 19.1. The minimum absolute atomic E-state index is 0.108. The zero-order valence-corrected chi connectivity index (χ0v) is 11.1. The van der Waals surface area contributed by atoms with E-state index in [4.69, 9.17) is 11.0 Å². The Morgan fingerprint density at radius 1 is 1.29 bits per heavy atom. The van der Waals surface area contributed by atoms with E-state index in [0.29, 0.717) is 5.69 Å². The second-order valence-electron chi connectivity index (χ2n) is 4.42. The first-order valence-corrected chi connectivity index (χ1v) is 5.99. The van der Waals surface area contributed by atoms with E-state index in [1.165, 1.54) is 31.2 Å². The molecule has 0 aliphatic rings. The SMILES string of the molecule is Cc1ccc(F)c(C(=O)Nc2ccc(N)cc2C#N)c1F. The number of nitrogens with zero attached hydrogens (tertiary/aromatic N) is 1. The molecule has 3 N–H and O–H groups in total. The van der Waals surface area contributed by atoms with Gasteiger partial charge in [-0.1, -0.05) is 6.07 Å². The minimum Gasteiger partial charge on any atom is -0.399 e. The predicted molar refractivity (Wildman–Crippen MR) is 74.6 cm³/mol. The lowest BCUT2D eigenvalue weighted by Gasteiger charge is -2.10. The van der Waals surface area contributed by atoms with Crippen molar-refractivity contribution in [1.82, 2.24) is 0 Å². The van der Waals surface area contributed by atoms with Gasteiger partial charge in [-0.2, -0.15) is 5.26 Å². The molecule has 0 aliphatic carbocycles. The minimum atomic E-state index is -0.968. The van der Waals surface area contributed by atoms with E-state index in [1.54, 1.807) is 0 Å². The van der Waals surface area contributed by atoms with Gasteiger partial charge in [-0.25, -0.2) is 8.78 Å². The van der Waals surface area contributed by atoms with Gasteiger partial charge in [-0.05, 0) is 36.8 Å². The summed E-state index contributed by atoms with van der Waals surface area (Å²) in [5.41, 5.74) is 5.59. The van der Waals surface area contributed by atoms with Crippen molar-refractivity contribution in [2.75, 3.05) is 11.1 Å². The van der Waals surface area contributed by atoms with Crippen molar-refractivity contribution in [1.29, 1.82) is 5.26 Å². The Balaban J connectivity index is 2.40. The van der Waals surface area contributed by atoms with Crippen LogP contribution in [0, 0.1) is 29.9 Å². The Hall–Kier alpha value is -2.94. The number of benzene rings is 2. The second kappa shape index (κ2) is 5.59. The van der Waals surface area contributed by atoms with E-state index in [9.17, 15) is 13.6 Å². The van der Waals surface area contributed by atoms with Gasteiger partial charge in [0.05, 0.1) is 11.3 Å². The molecule has 2 aromatic carbocycles. The molecule has 0 aliphatic heterocycles. The maximum Gasteiger partial charge on any atom is 0.261 e. The van der Waals surface area contributed by atoms with Gasteiger partial charge in [-0.3, -0.25) is 4.79 Å².